The first-order chi connectivity index (χ1) is 14.9. The highest BCUT2D eigenvalue weighted by Crippen LogP contribution is 2.26. The molecule has 9 heteroatoms. The van der Waals surface area contributed by atoms with Crippen molar-refractivity contribution in [3.05, 3.63) is 46.5 Å². The van der Waals surface area contributed by atoms with Crippen molar-refractivity contribution in [2.75, 3.05) is 59.2 Å². The molecule has 0 saturated carbocycles. The van der Waals surface area contributed by atoms with Gasteiger partial charge in [-0.05, 0) is 36.9 Å². The molecule has 7 nitrogen and oxygen atoms in total. The quantitative estimate of drug-likeness (QED) is 0.179. The van der Waals surface area contributed by atoms with Gasteiger partial charge < -0.3 is 24.5 Å². The molecule has 1 fully saturated rings. The topological polar surface area (TPSA) is 71.3 Å². The summed E-state index contributed by atoms with van der Waals surface area (Å²) in [6.45, 7) is 9.31. The lowest BCUT2D eigenvalue weighted by Gasteiger charge is -2.33. The van der Waals surface area contributed by atoms with Crippen LogP contribution in [0.25, 0.3) is 0 Å². The molecule has 0 amide bonds. The normalized spacial score (nSPS) is 16.0. The number of ether oxygens (including phenoxy) is 2. The standard InChI is InChI=1S/C22H34N4O3S.HI/c1-2-27-13-5-9-23-22(24-10-8-19-6-3-14-29-19)25-18-20(21-7-4-17-30-21)26-11-15-28-16-12-26;/h3-4,6-7,14,17,20H,2,5,8-13,15-16,18H2,1H3,(H2,23,24,25);1H. The molecule has 0 aromatic carbocycles. The largest absolute Gasteiger partial charge is 0.469 e. The summed E-state index contributed by atoms with van der Waals surface area (Å²) in [7, 11) is 0. The van der Waals surface area contributed by atoms with E-state index in [9.17, 15) is 0 Å². The Balaban J connectivity index is 0.00000341. The molecule has 2 N–H and O–H groups in total. The van der Waals surface area contributed by atoms with Crippen molar-refractivity contribution in [3.63, 3.8) is 0 Å². The third-order valence-corrected chi connectivity index (χ3v) is 5.96. The molecule has 3 rings (SSSR count). The number of nitrogens with zero attached hydrogens (tertiary/aromatic N) is 2. The highest BCUT2D eigenvalue weighted by molar-refractivity contribution is 14.0. The number of rotatable bonds is 12. The molecular weight excluding hydrogens is 527 g/mol. The zero-order chi connectivity index (χ0) is 20.9. The summed E-state index contributed by atoms with van der Waals surface area (Å²) in [5, 5.41) is 9.04. The Morgan fingerprint density at radius 3 is 2.77 bits per heavy atom. The van der Waals surface area contributed by atoms with Crippen LogP contribution in [0.3, 0.4) is 0 Å². The third kappa shape index (κ3) is 9.48. The Morgan fingerprint density at radius 1 is 1.23 bits per heavy atom. The van der Waals surface area contributed by atoms with Gasteiger partial charge in [0.05, 0.1) is 32.1 Å². The van der Waals surface area contributed by atoms with Gasteiger partial charge in [-0.1, -0.05) is 6.07 Å². The van der Waals surface area contributed by atoms with Crippen molar-refractivity contribution < 1.29 is 13.9 Å². The lowest BCUT2D eigenvalue weighted by atomic mass is 10.2. The lowest BCUT2D eigenvalue weighted by Crippen LogP contribution is -2.42. The second-order valence-corrected chi connectivity index (χ2v) is 8.08. The summed E-state index contributed by atoms with van der Waals surface area (Å²) in [4.78, 5) is 8.77. The van der Waals surface area contributed by atoms with E-state index in [4.69, 9.17) is 18.9 Å². The SMILES string of the molecule is CCOCCCNC(=NCC(c1cccs1)N1CCOCC1)NCCc1ccco1.I. The summed E-state index contributed by atoms with van der Waals surface area (Å²) in [5.41, 5.74) is 0. The fraction of sp³-hybridized carbons (Fsp3) is 0.591. The van der Waals surface area contributed by atoms with Crippen LogP contribution in [0.5, 0.6) is 0 Å². The van der Waals surface area contributed by atoms with Gasteiger partial charge in [-0.25, -0.2) is 0 Å². The Labute approximate surface area is 206 Å². The van der Waals surface area contributed by atoms with Crippen LogP contribution < -0.4 is 10.6 Å². The number of hydrogen-bond donors (Lipinski definition) is 2. The zero-order valence-corrected chi connectivity index (χ0v) is 21.4. The number of guanidine groups is 1. The maximum absolute atomic E-state index is 5.55. The molecule has 0 bridgehead atoms. The first-order valence-electron chi connectivity index (χ1n) is 10.8. The Hall–Kier alpha value is -1.14. The number of morpholine rings is 1. The van der Waals surface area contributed by atoms with E-state index in [2.05, 4.69) is 33.0 Å². The van der Waals surface area contributed by atoms with Crippen LogP contribution in [0, 0.1) is 0 Å². The van der Waals surface area contributed by atoms with Crippen molar-refractivity contribution in [3.8, 4) is 0 Å². The van der Waals surface area contributed by atoms with Crippen LogP contribution in [0.15, 0.2) is 45.3 Å². The highest BCUT2D eigenvalue weighted by atomic mass is 127. The first-order valence-corrected chi connectivity index (χ1v) is 11.7. The van der Waals surface area contributed by atoms with E-state index in [0.717, 1.165) is 77.2 Å². The van der Waals surface area contributed by atoms with Crippen molar-refractivity contribution in [1.29, 1.82) is 0 Å². The molecule has 2 aromatic rings. The van der Waals surface area contributed by atoms with E-state index in [1.54, 1.807) is 17.6 Å². The Bertz CT molecular complexity index is 706. The van der Waals surface area contributed by atoms with Gasteiger partial charge in [0, 0.05) is 50.7 Å². The van der Waals surface area contributed by atoms with Gasteiger partial charge in [0.2, 0.25) is 0 Å². The molecule has 0 aliphatic carbocycles. The summed E-state index contributed by atoms with van der Waals surface area (Å²) in [6.07, 6.45) is 3.49. The van der Waals surface area contributed by atoms with Gasteiger partial charge in [-0.2, -0.15) is 0 Å². The summed E-state index contributed by atoms with van der Waals surface area (Å²) >= 11 is 1.80. The van der Waals surface area contributed by atoms with Crippen molar-refractivity contribution in [2.45, 2.75) is 25.8 Å². The van der Waals surface area contributed by atoms with Gasteiger partial charge in [0.15, 0.2) is 5.96 Å². The second-order valence-electron chi connectivity index (χ2n) is 7.10. The number of halogens is 1. The summed E-state index contributed by atoms with van der Waals surface area (Å²) in [6, 6.07) is 8.52. The first kappa shape index (κ1) is 26.1. The van der Waals surface area contributed by atoms with Gasteiger partial charge in [-0.15, -0.1) is 35.3 Å². The van der Waals surface area contributed by atoms with Gasteiger partial charge in [0.1, 0.15) is 5.76 Å². The minimum Gasteiger partial charge on any atom is -0.469 e. The third-order valence-electron chi connectivity index (χ3n) is 4.99. The monoisotopic (exact) mass is 562 g/mol. The Morgan fingerprint density at radius 2 is 2.06 bits per heavy atom. The number of hydrogen-bond acceptors (Lipinski definition) is 6. The molecule has 3 heterocycles. The number of nitrogens with one attached hydrogen (secondary N) is 2. The molecule has 0 radical (unpaired) electrons. The minimum absolute atomic E-state index is 0. The van der Waals surface area contributed by atoms with Crippen molar-refractivity contribution >= 4 is 41.3 Å². The van der Waals surface area contributed by atoms with Crippen molar-refractivity contribution in [2.24, 2.45) is 4.99 Å². The maximum atomic E-state index is 5.55. The van der Waals surface area contributed by atoms with Crippen LogP contribution in [0.2, 0.25) is 0 Å². The van der Waals surface area contributed by atoms with Crippen molar-refractivity contribution in [1.82, 2.24) is 15.5 Å². The van der Waals surface area contributed by atoms with E-state index in [0.29, 0.717) is 6.54 Å². The minimum atomic E-state index is 0. The molecule has 1 aliphatic rings. The van der Waals surface area contributed by atoms with E-state index >= 15 is 0 Å². The molecule has 2 aromatic heterocycles. The van der Waals surface area contributed by atoms with Gasteiger partial charge >= 0.3 is 0 Å². The van der Waals surface area contributed by atoms with Crippen LogP contribution in [-0.2, 0) is 15.9 Å². The number of furan rings is 1. The predicted molar refractivity (Wildman–Crippen MR) is 137 cm³/mol. The zero-order valence-electron chi connectivity index (χ0n) is 18.3. The molecular formula is C22H35IN4O3S. The van der Waals surface area contributed by atoms with Crippen LogP contribution in [0.1, 0.15) is 30.0 Å². The van der Waals surface area contributed by atoms with E-state index in [1.165, 1.54) is 4.88 Å². The van der Waals surface area contributed by atoms with E-state index < -0.39 is 0 Å². The van der Waals surface area contributed by atoms with Crippen LogP contribution in [0.4, 0.5) is 0 Å². The van der Waals surface area contributed by atoms with E-state index in [-0.39, 0.29) is 30.0 Å². The Kier molecular flexibility index (Phi) is 13.2. The molecule has 174 valence electrons. The molecule has 31 heavy (non-hydrogen) atoms. The molecule has 1 aliphatic heterocycles. The van der Waals surface area contributed by atoms with Crippen LogP contribution >= 0.6 is 35.3 Å². The molecule has 0 spiro atoms. The fourth-order valence-electron chi connectivity index (χ4n) is 3.39. The number of aliphatic imine (C=N–C) groups is 1. The maximum Gasteiger partial charge on any atom is 0.191 e. The van der Waals surface area contributed by atoms with Gasteiger partial charge in [-0.3, -0.25) is 9.89 Å². The smallest absolute Gasteiger partial charge is 0.191 e. The summed E-state index contributed by atoms with van der Waals surface area (Å²) in [5.74, 6) is 1.82. The van der Waals surface area contributed by atoms with Crippen LogP contribution in [-0.4, -0.2) is 70.0 Å². The summed E-state index contributed by atoms with van der Waals surface area (Å²) < 4.78 is 16.4. The second kappa shape index (κ2) is 15.6. The average Bonchev–Trinajstić information content (AvgIpc) is 3.49. The fourth-order valence-corrected chi connectivity index (χ4v) is 4.24. The average molecular weight is 563 g/mol. The molecule has 1 unspecified atom stereocenters. The predicted octanol–water partition coefficient (Wildman–Crippen LogP) is 3.54. The molecule has 1 atom stereocenters. The van der Waals surface area contributed by atoms with E-state index in [1.807, 2.05) is 19.1 Å². The molecule has 1 saturated heterocycles. The highest BCUT2D eigenvalue weighted by Gasteiger charge is 2.23. The van der Waals surface area contributed by atoms with Gasteiger partial charge in [0.25, 0.3) is 0 Å². The number of thiophene rings is 1. The lowest BCUT2D eigenvalue weighted by molar-refractivity contribution is 0.0186.